The van der Waals surface area contributed by atoms with E-state index in [1.54, 1.807) is 7.11 Å². The third-order valence-electron chi connectivity index (χ3n) is 2.29. The summed E-state index contributed by atoms with van der Waals surface area (Å²) in [5, 5.41) is 0. The van der Waals surface area contributed by atoms with Gasteiger partial charge in [-0.2, -0.15) is 0 Å². The zero-order valence-electron chi connectivity index (χ0n) is 7.57. The third-order valence-corrected chi connectivity index (χ3v) is 2.29. The summed E-state index contributed by atoms with van der Waals surface area (Å²) >= 11 is 0. The van der Waals surface area contributed by atoms with E-state index >= 15 is 0 Å². The molecule has 1 aliphatic rings. The van der Waals surface area contributed by atoms with Gasteiger partial charge in [0, 0.05) is 25.1 Å². The second kappa shape index (κ2) is 3.36. The molecule has 1 aromatic rings. The molecule has 0 aromatic heterocycles. The Hall–Kier alpha value is -1.06. The summed E-state index contributed by atoms with van der Waals surface area (Å²) in [4.78, 5) is 0. The Balaban J connectivity index is 2.31. The number of hydrogen-bond acceptors (Lipinski definition) is 3. The number of hydrogen-bond donors (Lipinski definition) is 1. The van der Waals surface area contributed by atoms with Crippen LogP contribution in [0.2, 0.25) is 0 Å². The van der Waals surface area contributed by atoms with Gasteiger partial charge in [0.2, 0.25) is 6.29 Å². The predicted molar refractivity (Wildman–Crippen MR) is 49.4 cm³/mol. The molecule has 0 bridgehead atoms. The molecule has 0 spiro atoms. The van der Waals surface area contributed by atoms with Crippen LogP contribution in [0.15, 0.2) is 24.3 Å². The van der Waals surface area contributed by atoms with Crippen LogP contribution in [0.3, 0.4) is 0 Å². The molecule has 0 aliphatic carbocycles. The summed E-state index contributed by atoms with van der Waals surface area (Å²) in [6.07, 6.45) is 0.512. The highest BCUT2D eigenvalue weighted by molar-refractivity contribution is 5.37. The molecule has 2 atom stereocenters. The van der Waals surface area contributed by atoms with Crippen LogP contribution in [0.1, 0.15) is 18.0 Å². The number of rotatable bonds is 1. The second-order valence-corrected chi connectivity index (χ2v) is 3.16. The largest absolute Gasteiger partial charge is 0.465 e. The maximum atomic E-state index is 5.95. The average molecular weight is 179 g/mol. The molecule has 2 N–H and O–H groups in total. The first-order valence-corrected chi connectivity index (χ1v) is 4.35. The monoisotopic (exact) mass is 179 g/mol. The first kappa shape index (κ1) is 8.53. The van der Waals surface area contributed by atoms with Crippen molar-refractivity contribution in [2.75, 3.05) is 7.11 Å². The van der Waals surface area contributed by atoms with Crippen LogP contribution < -0.4 is 10.5 Å². The van der Waals surface area contributed by atoms with E-state index in [1.807, 2.05) is 24.3 Å². The van der Waals surface area contributed by atoms with Gasteiger partial charge >= 0.3 is 0 Å². The number of ether oxygens (including phenoxy) is 2. The lowest BCUT2D eigenvalue weighted by atomic mass is 10.0. The van der Waals surface area contributed by atoms with E-state index in [0.29, 0.717) is 6.42 Å². The van der Waals surface area contributed by atoms with Crippen molar-refractivity contribution >= 4 is 0 Å². The summed E-state index contributed by atoms with van der Waals surface area (Å²) in [7, 11) is 1.63. The maximum Gasteiger partial charge on any atom is 0.201 e. The van der Waals surface area contributed by atoms with E-state index in [0.717, 1.165) is 11.3 Å². The Morgan fingerprint density at radius 2 is 2.23 bits per heavy atom. The van der Waals surface area contributed by atoms with Crippen LogP contribution in [0.5, 0.6) is 5.75 Å². The number of para-hydroxylation sites is 1. The van der Waals surface area contributed by atoms with Gasteiger partial charge in [0.15, 0.2) is 0 Å². The number of benzene rings is 1. The van der Waals surface area contributed by atoms with Crippen molar-refractivity contribution in [2.45, 2.75) is 18.8 Å². The van der Waals surface area contributed by atoms with Gasteiger partial charge in [-0.15, -0.1) is 0 Å². The van der Waals surface area contributed by atoms with Crippen LogP contribution in [0.4, 0.5) is 0 Å². The maximum absolute atomic E-state index is 5.95. The zero-order chi connectivity index (χ0) is 9.26. The summed E-state index contributed by atoms with van der Waals surface area (Å²) in [6, 6.07) is 7.83. The van der Waals surface area contributed by atoms with Gasteiger partial charge in [0.05, 0.1) is 0 Å². The zero-order valence-corrected chi connectivity index (χ0v) is 7.57. The Morgan fingerprint density at radius 3 is 3.00 bits per heavy atom. The van der Waals surface area contributed by atoms with E-state index < -0.39 is 0 Å². The van der Waals surface area contributed by atoms with Crippen molar-refractivity contribution in [1.29, 1.82) is 0 Å². The molecule has 3 nitrogen and oxygen atoms in total. The van der Waals surface area contributed by atoms with Crippen LogP contribution in [-0.4, -0.2) is 13.4 Å². The van der Waals surface area contributed by atoms with Crippen LogP contribution in [-0.2, 0) is 4.74 Å². The summed E-state index contributed by atoms with van der Waals surface area (Å²) in [5.41, 5.74) is 7.02. The normalized spacial score (nSPS) is 26.3. The van der Waals surface area contributed by atoms with Crippen molar-refractivity contribution in [3.8, 4) is 5.75 Å². The minimum Gasteiger partial charge on any atom is -0.465 e. The molecule has 1 aromatic carbocycles. The Morgan fingerprint density at radius 1 is 1.46 bits per heavy atom. The number of nitrogens with two attached hydrogens (primary N) is 1. The van der Waals surface area contributed by atoms with Crippen LogP contribution in [0.25, 0.3) is 0 Å². The Bertz CT molecular complexity index is 301. The molecule has 0 amide bonds. The molecule has 1 aliphatic heterocycles. The highest BCUT2D eigenvalue weighted by atomic mass is 16.7. The summed E-state index contributed by atoms with van der Waals surface area (Å²) < 4.78 is 10.7. The van der Waals surface area contributed by atoms with Crippen LogP contribution >= 0.6 is 0 Å². The van der Waals surface area contributed by atoms with Crippen molar-refractivity contribution in [3.63, 3.8) is 0 Å². The minimum absolute atomic E-state index is 0.0231. The van der Waals surface area contributed by atoms with Crippen LogP contribution in [0, 0.1) is 0 Å². The van der Waals surface area contributed by atoms with E-state index in [9.17, 15) is 0 Å². The molecular weight excluding hydrogens is 166 g/mol. The molecule has 1 heterocycles. The lowest BCUT2D eigenvalue weighted by Crippen LogP contribution is -2.30. The lowest BCUT2D eigenvalue weighted by molar-refractivity contribution is -0.0711. The number of methoxy groups -OCH3 is 1. The highest BCUT2D eigenvalue weighted by Crippen LogP contribution is 2.32. The van der Waals surface area contributed by atoms with E-state index in [4.69, 9.17) is 15.2 Å². The molecule has 70 valence electrons. The van der Waals surface area contributed by atoms with Gasteiger partial charge in [-0.25, -0.2) is 0 Å². The van der Waals surface area contributed by atoms with Gasteiger partial charge in [0.25, 0.3) is 0 Å². The predicted octanol–water partition coefficient (Wildman–Crippen LogP) is 1.44. The van der Waals surface area contributed by atoms with E-state index in [1.165, 1.54) is 0 Å². The molecule has 2 rings (SSSR count). The molecule has 13 heavy (non-hydrogen) atoms. The van der Waals surface area contributed by atoms with Gasteiger partial charge in [-0.1, -0.05) is 18.2 Å². The van der Waals surface area contributed by atoms with E-state index in [2.05, 4.69) is 0 Å². The highest BCUT2D eigenvalue weighted by Gasteiger charge is 2.24. The standard InChI is InChI=1S/C10H13NO2/c1-12-10-6-8(11)7-4-2-3-5-9(7)13-10/h2-5,8,10H,6,11H2,1H3. The topological polar surface area (TPSA) is 44.5 Å². The molecule has 0 saturated heterocycles. The van der Waals surface area contributed by atoms with Gasteiger partial charge in [-0.05, 0) is 6.07 Å². The smallest absolute Gasteiger partial charge is 0.201 e. The third kappa shape index (κ3) is 1.53. The molecule has 0 saturated carbocycles. The number of fused-ring (bicyclic) bond motifs is 1. The van der Waals surface area contributed by atoms with Gasteiger partial charge < -0.3 is 15.2 Å². The van der Waals surface area contributed by atoms with E-state index in [-0.39, 0.29) is 12.3 Å². The van der Waals surface area contributed by atoms with Crippen molar-refractivity contribution in [2.24, 2.45) is 5.73 Å². The first-order valence-electron chi connectivity index (χ1n) is 4.35. The fraction of sp³-hybridized carbons (Fsp3) is 0.400. The first-order chi connectivity index (χ1) is 6.31. The fourth-order valence-corrected chi connectivity index (χ4v) is 1.56. The minimum atomic E-state index is -0.204. The second-order valence-electron chi connectivity index (χ2n) is 3.16. The lowest BCUT2D eigenvalue weighted by Gasteiger charge is -2.28. The molecular formula is C10H13NO2. The average Bonchev–Trinajstić information content (AvgIpc) is 2.18. The molecule has 0 radical (unpaired) electrons. The fourth-order valence-electron chi connectivity index (χ4n) is 1.56. The summed E-state index contributed by atoms with van der Waals surface area (Å²) in [5.74, 6) is 0.841. The van der Waals surface area contributed by atoms with Crippen molar-refractivity contribution in [3.05, 3.63) is 29.8 Å². The Labute approximate surface area is 77.5 Å². The Kier molecular flexibility index (Phi) is 2.20. The molecule has 3 heteroatoms. The molecule has 2 unspecified atom stereocenters. The van der Waals surface area contributed by atoms with Gasteiger partial charge in [-0.3, -0.25) is 0 Å². The van der Waals surface area contributed by atoms with Crippen molar-refractivity contribution < 1.29 is 9.47 Å². The molecule has 0 fully saturated rings. The summed E-state index contributed by atoms with van der Waals surface area (Å²) in [6.45, 7) is 0. The SMILES string of the molecule is COC1CC(N)c2ccccc2O1. The van der Waals surface area contributed by atoms with Gasteiger partial charge in [0.1, 0.15) is 5.75 Å². The quantitative estimate of drug-likeness (QED) is 0.709. The van der Waals surface area contributed by atoms with Crippen molar-refractivity contribution in [1.82, 2.24) is 0 Å².